The number of H-pyrrole nitrogens is 1. The summed E-state index contributed by atoms with van der Waals surface area (Å²) in [4.78, 5) is 15.1. The van der Waals surface area contributed by atoms with Gasteiger partial charge in [-0.15, -0.1) is 0 Å². The number of carbonyl (C=O) groups is 1. The largest absolute Gasteiger partial charge is 0.490 e. The van der Waals surface area contributed by atoms with Crippen LogP contribution in [0.15, 0.2) is 66.9 Å². The van der Waals surface area contributed by atoms with Crippen LogP contribution >= 0.6 is 23.2 Å². The average molecular weight is 513 g/mol. The molecular weight excluding hydrogens is 487 g/mol. The number of carboxylic acids is 1. The molecule has 0 bridgehead atoms. The number of ether oxygens (including phenoxy) is 2. The number of para-hydroxylation sites is 1. The van der Waals surface area contributed by atoms with Gasteiger partial charge in [0.2, 0.25) is 0 Å². The summed E-state index contributed by atoms with van der Waals surface area (Å²) < 4.78 is 11.7. The number of fused-ring (bicyclic) bond motifs is 1. The summed E-state index contributed by atoms with van der Waals surface area (Å²) in [6.45, 7) is 2.90. The number of aromatic amines is 1. The molecule has 1 heterocycles. The molecule has 0 fully saturated rings. The zero-order chi connectivity index (χ0) is 24.8. The van der Waals surface area contributed by atoms with Crippen molar-refractivity contribution in [2.75, 3.05) is 6.61 Å². The fraction of sp³-hybridized carbons (Fsp3) is 0.222. The van der Waals surface area contributed by atoms with E-state index in [1.807, 2.05) is 55.6 Å². The van der Waals surface area contributed by atoms with E-state index in [0.717, 1.165) is 22.0 Å². The molecule has 182 valence electrons. The number of aromatic nitrogens is 1. The van der Waals surface area contributed by atoms with Gasteiger partial charge >= 0.3 is 5.97 Å². The molecule has 0 saturated carbocycles. The maximum atomic E-state index is 11.9. The van der Waals surface area contributed by atoms with Crippen LogP contribution in [0, 0.1) is 0 Å². The maximum Gasteiger partial charge on any atom is 0.321 e. The van der Waals surface area contributed by atoms with Crippen molar-refractivity contribution in [1.82, 2.24) is 10.3 Å². The number of aliphatic carboxylic acids is 1. The second-order valence-electron chi connectivity index (χ2n) is 8.04. The zero-order valence-electron chi connectivity index (χ0n) is 19.2. The van der Waals surface area contributed by atoms with Gasteiger partial charge in [-0.1, -0.05) is 53.5 Å². The van der Waals surface area contributed by atoms with E-state index in [1.165, 1.54) is 0 Å². The van der Waals surface area contributed by atoms with Crippen LogP contribution in [-0.4, -0.2) is 28.7 Å². The Morgan fingerprint density at radius 3 is 2.54 bits per heavy atom. The van der Waals surface area contributed by atoms with E-state index in [0.29, 0.717) is 46.7 Å². The lowest BCUT2D eigenvalue weighted by Crippen LogP contribution is -2.38. The highest BCUT2D eigenvalue weighted by Crippen LogP contribution is 2.32. The Kier molecular flexibility index (Phi) is 8.18. The number of hydrogen-bond donors (Lipinski definition) is 3. The van der Waals surface area contributed by atoms with Crippen molar-refractivity contribution in [2.45, 2.75) is 32.5 Å². The van der Waals surface area contributed by atoms with Crippen molar-refractivity contribution in [2.24, 2.45) is 0 Å². The summed E-state index contributed by atoms with van der Waals surface area (Å²) in [5.41, 5.74) is 3.52. The van der Waals surface area contributed by atoms with Gasteiger partial charge in [-0.2, -0.15) is 0 Å². The van der Waals surface area contributed by atoms with Crippen molar-refractivity contribution in [3.63, 3.8) is 0 Å². The third kappa shape index (κ3) is 6.09. The second kappa shape index (κ2) is 11.5. The van der Waals surface area contributed by atoms with Crippen molar-refractivity contribution < 1.29 is 19.4 Å². The Morgan fingerprint density at radius 1 is 1.03 bits per heavy atom. The molecule has 0 radical (unpaired) electrons. The van der Waals surface area contributed by atoms with Gasteiger partial charge in [0.15, 0.2) is 11.5 Å². The van der Waals surface area contributed by atoms with E-state index in [-0.39, 0.29) is 6.61 Å². The predicted octanol–water partition coefficient (Wildman–Crippen LogP) is 6.24. The summed E-state index contributed by atoms with van der Waals surface area (Å²) in [5, 5.41) is 15.0. The molecule has 3 aromatic carbocycles. The molecular formula is C27H26Cl2N2O4. The van der Waals surface area contributed by atoms with Gasteiger partial charge in [-0.05, 0) is 48.4 Å². The Labute approximate surface area is 213 Å². The Bertz CT molecular complexity index is 1300. The van der Waals surface area contributed by atoms with Gasteiger partial charge in [0.1, 0.15) is 12.6 Å². The predicted molar refractivity (Wildman–Crippen MR) is 139 cm³/mol. The highest BCUT2D eigenvalue weighted by Gasteiger charge is 2.20. The van der Waals surface area contributed by atoms with Gasteiger partial charge in [-0.25, -0.2) is 0 Å². The van der Waals surface area contributed by atoms with Crippen LogP contribution in [0.2, 0.25) is 10.0 Å². The molecule has 1 aromatic heterocycles. The number of benzene rings is 3. The number of rotatable bonds is 11. The monoisotopic (exact) mass is 512 g/mol. The lowest BCUT2D eigenvalue weighted by Gasteiger charge is -2.17. The molecule has 3 N–H and O–H groups in total. The number of hydrogen-bond acceptors (Lipinski definition) is 4. The third-order valence-electron chi connectivity index (χ3n) is 5.69. The van der Waals surface area contributed by atoms with Crippen molar-refractivity contribution in [1.29, 1.82) is 0 Å². The summed E-state index contributed by atoms with van der Waals surface area (Å²) in [7, 11) is 0. The van der Waals surface area contributed by atoms with Crippen molar-refractivity contribution in [3.8, 4) is 11.5 Å². The maximum absolute atomic E-state index is 11.9. The molecule has 35 heavy (non-hydrogen) atoms. The molecule has 0 amide bonds. The topological polar surface area (TPSA) is 83.6 Å². The van der Waals surface area contributed by atoms with Crippen LogP contribution in [-0.2, 0) is 24.4 Å². The van der Waals surface area contributed by atoms with E-state index in [4.69, 9.17) is 32.7 Å². The molecule has 0 saturated heterocycles. The van der Waals surface area contributed by atoms with Crippen LogP contribution in [0.4, 0.5) is 0 Å². The second-order valence-corrected chi connectivity index (χ2v) is 8.85. The third-order valence-corrected chi connectivity index (χ3v) is 6.40. The zero-order valence-corrected chi connectivity index (χ0v) is 20.7. The van der Waals surface area contributed by atoms with E-state index < -0.39 is 12.0 Å². The van der Waals surface area contributed by atoms with Gasteiger partial charge in [0.05, 0.1) is 6.61 Å². The lowest BCUT2D eigenvalue weighted by atomic mass is 10.0. The first kappa shape index (κ1) is 24.9. The molecule has 8 heteroatoms. The van der Waals surface area contributed by atoms with Crippen molar-refractivity contribution >= 4 is 40.1 Å². The van der Waals surface area contributed by atoms with E-state index in [1.54, 1.807) is 18.2 Å². The first-order valence-electron chi connectivity index (χ1n) is 11.3. The van der Waals surface area contributed by atoms with Crippen LogP contribution in [0.3, 0.4) is 0 Å². The summed E-state index contributed by atoms with van der Waals surface area (Å²) in [6, 6.07) is 18.0. The van der Waals surface area contributed by atoms with Crippen LogP contribution in [0.5, 0.6) is 11.5 Å². The Morgan fingerprint density at radius 2 is 1.80 bits per heavy atom. The van der Waals surface area contributed by atoms with E-state index in [2.05, 4.69) is 10.3 Å². The smallest absolute Gasteiger partial charge is 0.321 e. The van der Waals surface area contributed by atoms with Crippen LogP contribution in [0.1, 0.15) is 23.6 Å². The first-order valence-corrected chi connectivity index (χ1v) is 12.0. The van der Waals surface area contributed by atoms with Gasteiger partial charge in [0.25, 0.3) is 0 Å². The van der Waals surface area contributed by atoms with Crippen LogP contribution in [0.25, 0.3) is 10.9 Å². The minimum Gasteiger partial charge on any atom is -0.490 e. The van der Waals surface area contributed by atoms with E-state index in [9.17, 15) is 9.90 Å². The van der Waals surface area contributed by atoms with Gasteiger partial charge in [0, 0.05) is 45.7 Å². The highest BCUT2D eigenvalue weighted by atomic mass is 35.5. The molecule has 0 aliphatic rings. The standard InChI is InChI=1S/C27H26Cl2N2O4/c1-2-34-26-12-17(10-11-25(26)35-16-20-21(28)7-5-8-22(20)29)14-30-24(27(32)33)13-18-15-31-23-9-4-3-6-19(18)23/h3-12,15,24,30-31H,2,13-14,16H2,1H3,(H,32,33). The quantitative estimate of drug-likeness (QED) is 0.221. The number of halogens is 2. The number of nitrogens with one attached hydrogen (secondary N) is 2. The van der Waals surface area contributed by atoms with Gasteiger partial charge in [-0.3, -0.25) is 4.79 Å². The molecule has 4 rings (SSSR count). The lowest BCUT2D eigenvalue weighted by molar-refractivity contribution is -0.139. The normalized spacial score (nSPS) is 12.0. The summed E-state index contributed by atoms with van der Waals surface area (Å²) in [6.07, 6.45) is 2.23. The molecule has 4 aromatic rings. The fourth-order valence-corrected chi connectivity index (χ4v) is 4.38. The fourth-order valence-electron chi connectivity index (χ4n) is 3.88. The molecule has 0 aliphatic carbocycles. The molecule has 0 spiro atoms. The minimum atomic E-state index is -0.906. The average Bonchev–Trinajstić information content (AvgIpc) is 3.25. The summed E-state index contributed by atoms with van der Waals surface area (Å²) in [5.74, 6) is 0.218. The Hall–Kier alpha value is -3.19. The van der Waals surface area contributed by atoms with Gasteiger partial charge < -0.3 is 24.9 Å². The van der Waals surface area contributed by atoms with Crippen LogP contribution < -0.4 is 14.8 Å². The molecule has 0 aliphatic heterocycles. The Balaban J connectivity index is 1.45. The molecule has 1 unspecified atom stereocenters. The first-order chi connectivity index (χ1) is 17.0. The molecule has 1 atom stereocenters. The molecule has 6 nitrogen and oxygen atoms in total. The summed E-state index contributed by atoms with van der Waals surface area (Å²) >= 11 is 12.5. The SMILES string of the molecule is CCOc1cc(CNC(Cc2c[nH]c3ccccc23)C(=O)O)ccc1OCc1c(Cl)cccc1Cl. The number of carboxylic acid groups (broad SMARTS) is 1. The van der Waals surface area contributed by atoms with Crippen molar-refractivity contribution in [3.05, 3.63) is 93.6 Å². The highest BCUT2D eigenvalue weighted by molar-refractivity contribution is 6.35. The minimum absolute atomic E-state index is 0.196. The van der Waals surface area contributed by atoms with E-state index >= 15 is 0 Å².